The Labute approximate surface area is 169 Å². The molecule has 1 aliphatic heterocycles. The van der Waals surface area contributed by atoms with Gasteiger partial charge in [-0.05, 0) is 58.2 Å². The van der Waals surface area contributed by atoms with Crippen molar-refractivity contribution in [1.29, 1.82) is 0 Å². The van der Waals surface area contributed by atoms with Gasteiger partial charge < -0.3 is 15.2 Å². The predicted molar refractivity (Wildman–Crippen MR) is 114 cm³/mol. The minimum atomic E-state index is -0.0461. The molecule has 152 valence electrons. The Morgan fingerprint density at radius 2 is 1.79 bits per heavy atom. The van der Waals surface area contributed by atoms with Crippen LogP contribution in [0.4, 0.5) is 4.79 Å². The largest absolute Gasteiger partial charge is 0.336 e. The van der Waals surface area contributed by atoms with Crippen molar-refractivity contribution in [1.82, 2.24) is 15.1 Å². The molecule has 4 rings (SSSR count). The molecular weight excluding hydrogens is 348 g/mol. The van der Waals surface area contributed by atoms with Gasteiger partial charge in [0.2, 0.25) is 0 Å². The molecular formula is C23H34N4O. The molecule has 0 radical (unpaired) electrons. The number of urea groups is 1. The predicted octanol–water partition coefficient (Wildman–Crippen LogP) is 3.65. The highest BCUT2D eigenvalue weighted by molar-refractivity contribution is 5.79. The van der Waals surface area contributed by atoms with Crippen LogP contribution >= 0.6 is 0 Å². The number of amides is 2. The second kappa shape index (κ2) is 7.18. The normalized spacial score (nSPS) is 32.1. The molecule has 0 bridgehead atoms. The lowest BCUT2D eigenvalue weighted by atomic mass is 9.66. The smallest absolute Gasteiger partial charge is 0.318 e. The van der Waals surface area contributed by atoms with Crippen LogP contribution in [0.2, 0.25) is 0 Å². The van der Waals surface area contributed by atoms with Crippen molar-refractivity contribution < 1.29 is 4.79 Å². The lowest BCUT2D eigenvalue weighted by Crippen LogP contribution is -2.58. The Morgan fingerprint density at radius 1 is 1.11 bits per heavy atom. The highest BCUT2D eigenvalue weighted by atomic mass is 16.2. The minimum Gasteiger partial charge on any atom is -0.336 e. The topological polar surface area (TPSA) is 47.9 Å². The summed E-state index contributed by atoms with van der Waals surface area (Å²) in [7, 11) is 6.25. The van der Waals surface area contributed by atoms with Crippen molar-refractivity contribution >= 4 is 12.2 Å². The van der Waals surface area contributed by atoms with E-state index in [9.17, 15) is 4.79 Å². The van der Waals surface area contributed by atoms with E-state index in [4.69, 9.17) is 0 Å². The molecule has 1 saturated heterocycles. The van der Waals surface area contributed by atoms with Crippen LogP contribution in [0.25, 0.3) is 0 Å². The maximum atomic E-state index is 12.8. The van der Waals surface area contributed by atoms with Gasteiger partial charge in [-0.3, -0.25) is 4.90 Å². The molecule has 2 aliphatic carbocycles. The quantitative estimate of drug-likeness (QED) is 0.790. The Kier molecular flexibility index (Phi) is 4.98. The summed E-state index contributed by atoms with van der Waals surface area (Å²) in [6, 6.07) is 11.0. The summed E-state index contributed by atoms with van der Waals surface area (Å²) >= 11 is 0. The van der Waals surface area contributed by atoms with Gasteiger partial charge >= 0.3 is 6.03 Å². The Morgan fingerprint density at radius 3 is 2.32 bits per heavy atom. The zero-order chi connectivity index (χ0) is 19.8. The van der Waals surface area contributed by atoms with Crippen LogP contribution in [0, 0.1) is 5.41 Å². The zero-order valence-electron chi connectivity index (χ0n) is 17.6. The number of rotatable bonds is 5. The molecule has 2 saturated carbocycles. The van der Waals surface area contributed by atoms with E-state index in [2.05, 4.69) is 70.8 Å². The molecule has 0 atom stereocenters. The van der Waals surface area contributed by atoms with Crippen LogP contribution in [-0.4, -0.2) is 61.8 Å². The van der Waals surface area contributed by atoms with Gasteiger partial charge in [-0.2, -0.15) is 0 Å². The second-order valence-electron chi connectivity index (χ2n) is 9.36. The van der Waals surface area contributed by atoms with Crippen molar-refractivity contribution in [3.05, 3.63) is 35.9 Å². The van der Waals surface area contributed by atoms with Crippen LogP contribution in [0.1, 0.15) is 50.5 Å². The van der Waals surface area contributed by atoms with E-state index in [1.807, 2.05) is 7.05 Å². The Bertz CT molecular complexity index is 730. The first-order valence-corrected chi connectivity index (χ1v) is 10.7. The fourth-order valence-electron chi connectivity index (χ4n) is 5.75. The average molecular weight is 383 g/mol. The summed E-state index contributed by atoms with van der Waals surface area (Å²) in [6.07, 6.45) is 9.87. The number of carbonyl (C=O) groups excluding carboxylic acids is 1. The monoisotopic (exact) mass is 382 g/mol. The molecule has 1 aromatic rings. The molecule has 5 heteroatoms. The zero-order valence-corrected chi connectivity index (χ0v) is 17.6. The number of hydrogen-bond donors (Lipinski definition) is 1. The first-order valence-electron chi connectivity index (χ1n) is 10.7. The highest BCUT2D eigenvalue weighted by Crippen LogP contribution is 2.49. The van der Waals surface area contributed by atoms with Crippen molar-refractivity contribution in [3.8, 4) is 0 Å². The molecule has 0 unspecified atom stereocenters. The SMILES string of the molecule is C/N=C/C1(CN2C(=O)NC[C@]23CC[C@](c2ccccc2)(N(C)C)CC3)CCC1. The van der Waals surface area contributed by atoms with Crippen LogP contribution in [0.15, 0.2) is 35.3 Å². The maximum Gasteiger partial charge on any atom is 0.318 e. The molecule has 1 heterocycles. The Hall–Kier alpha value is -1.88. The van der Waals surface area contributed by atoms with Crippen LogP contribution < -0.4 is 5.32 Å². The molecule has 3 aliphatic rings. The van der Waals surface area contributed by atoms with Crippen molar-refractivity contribution in [3.63, 3.8) is 0 Å². The van der Waals surface area contributed by atoms with E-state index >= 15 is 0 Å². The second-order valence-corrected chi connectivity index (χ2v) is 9.36. The fourth-order valence-corrected chi connectivity index (χ4v) is 5.75. The highest BCUT2D eigenvalue weighted by Gasteiger charge is 2.54. The van der Waals surface area contributed by atoms with Crippen molar-refractivity contribution in [2.45, 2.75) is 56.0 Å². The number of nitrogens with one attached hydrogen (secondary N) is 1. The van der Waals surface area contributed by atoms with Gasteiger partial charge in [-0.25, -0.2) is 4.79 Å². The van der Waals surface area contributed by atoms with E-state index in [0.717, 1.165) is 51.6 Å². The summed E-state index contributed by atoms with van der Waals surface area (Å²) < 4.78 is 0. The summed E-state index contributed by atoms with van der Waals surface area (Å²) in [4.78, 5) is 21.7. The van der Waals surface area contributed by atoms with Crippen LogP contribution in [0.5, 0.6) is 0 Å². The van der Waals surface area contributed by atoms with Gasteiger partial charge in [0.25, 0.3) is 0 Å². The average Bonchev–Trinajstić information content (AvgIpc) is 2.97. The van der Waals surface area contributed by atoms with Crippen LogP contribution in [0.3, 0.4) is 0 Å². The van der Waals surface area contributed by atoms with Gasteiger partial charge in [-0.1, -0.05) is 36.8 Å². The molecule has 0 aromatic heterocycles. The van der Waals surface area contributed by atoms with E-state index in [1.165, 1.54) is 12.0 Å². The maximum absolute atomic E-state index is 12.8. The molecule has 1 spiro atoms. The number of aliphatic imine (C=N–C) groups is 1. The summed E-state index contributed by atoms with van der Waals surface area (Å²) in [5, 5.41) is 3.17. The number of benzene rings is 1. The van der Waals surface area contributed by atoms with Gasteiger partial charge in [0.15, 0.2) is 0 Å². The minimum absolute atomic E-state index is 0.0461. The van der Waals surface area contributed by atoms with Crippen molar-refractivity contribution in [2.24, 2.45) is 10.4 Å². The number of hydrogen-bond acceptors (Lipinski definition) is 3. The molecule has 5 nitrogen and oxygen atoms in total. The lowest BCUT2D eigenvalue weighted by molar-refractivity contribution is 0.0108. The standard InChI is InChI=1S/C23H34N4O/c1-24-16-21(10-7-11-21)18-27-20(28)25-17-22(27)12-14-23(15-13-22,26(2)3)19-8-5-4-6-9-19/h4-6,8-9,16H,7,10-15,17-18H2,1-3H3,(H,25,28)/b24-16+/t22-,23+. The fraction of sp³-hybridized carbons (Fsp3) is 0.652. The van der Waals surface area contributed by atoms with Crippen molar-refractivity contribution in [2.75, 3.05) is 34.2 Å². The van der Waals surface area contributed by atoms with Gasteiger partial charge in [0.05, 0.1) is 5.54 Å². The van der Waals surface area contributed by atoms with E-state index in [1.54, 1.807) is 0 Å². The lowest BCUT2D eigenvalue weighted by Gasteiger charge is -2.53. The van der Waals surface area contributed by atoms with Gasteiger partial charge in [0.1, 0.15) is 0 Å². The third-order valence-corrected chi connectivity index (χ3v) is 7.79. The molecule has 1 N–H and O–H groups in total. The van der Waals surface area contributed by atoms with E-state index in [-0.39, 0.29) is 22.5 Å². The molecule has 2 amide bonds. The number of nitrogens with zero attached hydrogens (tertiary/aromatic N) is 3. The van der Waals surface area contributed by atoms with Gasteiger partial charge in [0, 0.05) is 37.3 Å². The molecule has 1 aromatic carbocycles. The van der Waals surface area contributed by atoms with Crippen LogP contribution in [-0.2, 0) is 5.54 Å². The third kappa shape index (κ3) is 3.04. The van der Waals surface area contributed by atoms with E-state index < -0.39 is 0 Å². The van der Waals surface area contributed by atoms with E-state index in [0.29, 0.717) is 0 Å². The molecule has 3 fully saturated rings. The summed E-state index contributed by atoms with van der Waals surface area (Å²) in [6.45, 7) is 1.60. The Balaban J connectivity index is 1.57. The third-order valence-electron chi connectivity index (χ3n) is 7.79. The number of carbonyl (C=O) groups is 1. The first kappa shape index (κ1) is 19.4. The molecule has 28 heavy (non-hydrogen) atoms. The first-order chi connectivity index (χ1) is 13.5. The summed E-state index contributed by atoms with van der Waals surface area (Å²) in [5.41, 5.74) is 1.50. The van der Waals surface area contributed by atoms with Gasteiger partial charge in [-0.15, -0.1) is 0 Å². The summed E-state index contributed by atoms with van der Waals surface area (Å²) in [5.74, 6) is 0.